The van der Waals surface area contributed by atoms with Crippen LogP contribution in [0.15, 0.2) is 59.1 Å². The molecule has 2 amide bonds. The molecule has 0 aromatic heterocycles. The minimum atomic E-state index is -0.0954. The van der Waals surface area contributed by atoms with Gasteiger partial charge in [0.1, 0.15) is 0 Å². The van der Waals surface area contributed by atoms with E-state index in [4.69, 9.17) is 0 Å². The Balaban J connectivity index is 1.45. The van der Waals surface area contributed by atoms with Crippen LogP contribution in [-0.2, 0) is 6.54 Å². The molecular formula is C20H24BrN3O. The Morgan fingerprint density at radius 1 is 1.20 bits per heavy atom. The highest BCUT2D eigenvalue weighted by atomic mass is 79.9. The highest BCUT2D eigenvalue weighted by molar-refractivity contribution is 9.10. The Labute approximate surface area is 157 Å². The fourth-order valence-corrected chi connectivity index (χ4v) is 3.46. The molecule has 0 aliphatic carbocycles. The molecule has 4 nitrogen and oxygen atoms in total. The van der Waals surface area contributed by atoms with Gasteiger partial charge in [0.05, 0.1) is 6.04 Å². The molecule has 25 heavy (non-hydrogen) atoms. The Hall–Kier alpha value is -1.85. The van der Waals surface area contributed by atoms with E-state index in [0.717, 1.165) is 36.1 Å². The quantitative estimate of drug-likeness (QED) is 0.792. The maximum atomic E-state index is 12.3. The zero-order chi connectivity index (χ0) is 17.6. The van der Waals surface area contributed by atoms with E-state index in [2.05, 4.69) is 55.7 Å². The summed E-state index contributed by atoms with van der Waals surface area (Å²) in [4.78, 5) is 14.7. The molecule has 2 atom stereocenters. The van der Waals surface area contributed by atoms with Crippen LogP contribution in [0.5, 0.6) is 0 Å². The number of nitrogens with one attached hydrogen (secondary N) is 2. The van der Waals surface area contributed by atoms with Crippen molar-refractivity contribution >= 4 is 22.0 Å². The summed E-state index contributed by atoms with van der Waals surface area (Å²) in [7, 11) is 0. The number of halogens is 1. The maximum Gasteiger partial charge on any atom is 0.315 e. The van der Waals surface area contributed by atoms with Crippen LogP contribution in [0.2, 0.25) is 0 Å². The van der Waals surface area contributed by atoms with Crippen molar-refractivity contribution in [3.8, 4) is 0 Å². The first-order valence-corrected chi connectivity index (χ1v) is 9.48. The SMILES string of the molecule is CC(NC(=O)NC1CCN(Cc2ccccc2)C1)c1ccc(Br)cc1. The summed E-state index contributed by atoms with van der Waals surface area (Å²) in [6.45, 7) is 4.85. The monoisotopic (exact) mass is 401 g/mol. The summed E-state index contributed by atoms with van der Waals surface area (Å²) in [5.74, 6) is 0. The number of hydrogen-bond acceptors (Lipinski definition) is 2. The van der Waals surface area contributed by atoms with Crippen molar-refractivity contribution in [2.45, 2.75) is 32.0 Å². The largest absolute Gasteiger partial charge is 0.334 e. The average molecular weight is 402 g/mol. The number of rotatable bonds is 5. The first-order valence-electron chi connectivity index (χ1n) is 8.69. The van der Waals surface area contributed by atoms with Gasteiger partial charge in [-0.25, -0.2) is 4.79 Å². The number of amides is 2. The van der Waals surface area contributed by atoms with Gasteiger partial charge in [-0.2, -0.15) is 0 Å². The molecule has 0 spiro atoms. The second kappa shape index (κ2) is 8.50. The van der Waals surface area contributed by atoms with E-state index >= 15 is 0 Å². The molecule has 2 aromatic rings. The second-order valence-electron chi connectivity index (χ2n) is 6.60. The molecule has 1 aliphatic rings. The van der Waals surface area contributed by atoms with E-state index in [1.54, 1.807) is 0 Å². The van der Waals surface area contributed by atoms with Crippen molar-refractivity contribution in [1.29, 1.82) is 0 Å². The van der Waals surface area contributed by atoms with Crippen LogP contribution in [0.4, 0.5) is 4.79 Å². The van der Waals surface area contributed by atoms with Gasteiger partial charge in [0.25, 0.3) is 0 Å². The molecule has 2 N–H and O–H groups in total. The molecule has 0 bridgehead atoms. The zero-order valence-corrected chi connectivity index (χ0v) is 16.0. The molecule has 1 fully saturated rings. The lowest BCUT2D eigenvalue weighted by Gasteiger charge is -2.19. The highest BCUT2D eigenvalue weighted by Gasteiger charge is 2.24. The molecule has 132 valence electrons. The van der Waals surface area contributed by atoms with Crippen LogP contribution in [-0.4, -0.2) is 30.1 Å². The van der Waals surface area contributed by atoms with Crippen molar-refractivity contribution in [3.63, 3.8) is 0 Å². The molecule has 0 radical (unpaired) electrons. The van der Waals surface area contributed by atoms with Gasteiger partial charge in [0, 0.05) is 30.1 Å². The van der Waals surface area contributed by atoms with Crippen LogP contribution < -0.4 is 10.6 Å². The smallest absolute Gasteiger partial charge is 0.315 e. The van der Waals surface area contributed by atoms with E-state index < -0.39 is 0 Å². The van der Waals surface area contributed by atoms with Crippen LogP contribution in [0.1, 0.15) is 30.5 Å². The molecule has 5 heteroatoms. The van der Waals surface area contributed by atoms with Gasteiger partial charge in [0.2, 0.25) is 0 Å². The van der Waals surface area contributed by atoms with Crippen LogP contribution in [0.25, 0.3) is 0 Å². The minimum Gasteiger partial charge on any atom is -0.334 e. The third kappa shape index (κ3) is 5.31. The summed E-state index contributed by atoms with van der Waals surface area (Å²) in [6, 6.07) is 18.6. The van der Waals surface area contributed by atoms with Crippen molar-refractivity contribution in [2.24, 2.45) is 0 Å². The van der Waals surface area contributed by atoms with E-state index in [-0.39, 0.29) is 18.1 Å². The van der Waals surface area contributed by atoms with E-state index in [1.807, 2.05) is 37.3 Å². The van der Waals surface area contributed by atoms with Crippen molar-refractivity contribution < 1.29 is 4.79 Å². The van der Waals surface area contributed by atoms with Gasteiger partial charge in [0.15, 0.2) is 0 Å². The van der Waals surface area contributed by atoms with Gasteiger partial charge < -0.3 is 10.6 Å². The van der Waals surface area contributed by atoms with Crippen LogP contribution >= 0.6 is 15.9 Å². The summed E-state index contributed by atoms with van der Waals surface area (Å²) in [6.07, 6.45) is 0.993. The molecule has 0 saturated carbocycles. The van der Waals surface area contributed by atoms with E-state index in [9.17, 15) is 4.79 Å². The standard InChI is InChI=1S/C20H24BrN3O/c1-15(17-7-9-18(21)10-8-17)22-20(25)23-19-11-12-24(14-19)13-16-5-3-2-4-6-16/h2-10,15,19H,11-14H2,1H3,(H2,22,23,25). The molecule has 1 heterocycles. The van der Waals surface area contributed by atoms with Gasteiger partial charge in [-0.15, -0.1) is 0 Å². The fourth-order valence-electron chi connectivity index (χ4n) is 3.19. The number of likely N-dealkylation sites (tertiary alicyclic amines) is 1. The van der Waals surface area contributed by atoms with Crippen LogP contribution in [0.3, 0.4) is 0 Å². The molecule has 2 unspecified atom stereocenters. The van der Waals surface area contributed by atoms with Crippen LogP contribution in [0, 0.1) is 0 Å². The molecule has 1 aliphatic heterocycles. The second-order valence-corrected chi connectivity index (χ2v) is 7.51. The summed E-state index contributed by atoms with van der Waals surface area (Å²) in [5.41, 5.74) is 2.41. The number of carbonyl (C=O) groups excluding carboxylic acids is 1. The summed E-state index contributed by atoms with van der Waals surface area (Å²) < 4.78 is 1.04. The van der Waals surface area contributed by atoms with Gasteiger partial charge in [-0.1, -0.05) is 58.4 Å². The van der Waals surface area contributed by atoms with Crippen molar-refractivity contribution in [3.05, 3.63) is 70.2 Å². The van der Waals surface area contributed by atoms with E-state index in [0.29, 0.717) is 0 Å². The van der Waals surface area contributed by atoms with E-state index in [1.165, 1.54) is 5.56 Å². The maximum absolute atomic E-state index is 12.3. The Morgan fingerprint density at radius 3 is 2.64 bits per heavy atom. The van der Waals surface area contributed by atoms with Crippen molar-refractivity contribution in [1.82, 2.24) is 15.5 Å². The zero-order valence-electron chi connectivity index (χ0n) is 14.4. The minimum absolute atomic E-state index is 0.0186. The van der Waals surface area contributed by atoms with Crippen molar-refractivity contribution in [2.75, 3.05) is 13.1 Å². The van der Waals surface area contributed by atoms with Gasteiger partial charge >= 0.3 is 6.03 Å². The van der Waals surface area contributed by atoms with Gasteiger partial charge in [-0.3, -0.25) is 4.90 Å². The third-order valence-corrected chi connectivity index (χ3v) is 5.10. The Bertz CT molecular complexity index is 690. The van der Waals surface area contributed by atoms with Gasteiger partial charge in [-0.05, 0) is 36.6 Å². The molecule has 2 aromatic carbocycles. The number of nitrogens with zero attached hydrogens (tertiary/aromatic N) is 1. The number of benzene rings is 2. The first-order chi connectivity index (χ1) is 12.1. The molecule has 1 saturated heterocycles. The summed E-state index contributed by atoms with van der Waals surface area (Å²) in [5, 5.41) is 6.13. The molecular weight excluding hydrogens is 378 g/mol. The normalized spacial score (nSPS) is 18.7. The summed E-state index contributed by atoms with van der Waals surface area (Å²) >= 11 is 3.43. The third-order valence-electron chi connectivity index (χ3n) is 4.57. The number of carbonyl (C=O) groups is 1. The Kier molecular flexibility index (Phi) is 6.10. The number of urea groups is 1. The predicted molar refractivity (Wildman–Crippen MR) is 104 cm³/mol. The lowest BCUT2D eigenvalue weighted by molar-refractivity contribution is 0.233. The lowest BCUT2D eigenvalue weighted by Crippen LogP contribution is -2.44. The predicted octanol–water partition coefficient (Wildman–Crippen LogP) is 4.08. The highest BCUT2D eigenvalue weighted by Crippen LogP contribution is 2.17. The number of hydrogen-bond donors (Lipinski definition) is 2. The Morgan fingerprint density at radius 2 is 1.92 bits per heavy atom. The lowest BCUT2D eigenvalue weighted by atomic mass is 10.1. The topological polar surface area (TPSA) is 44.4 Å². The average Bonchev–Trinajstić information content (AvgIpc) is 3.03. The first kappa shape index (κ1) is 18.0. The fraction of sp³-hybridized carbons (Fsp3) is 0.350. The molecule has 3 rings (SSSR count).